The third-order valence-corrected chi connectivity index (χ3v) is 5.46. The molecule has 0 aliphatic rings. The molecule has 1 aromatic carbocycles. The molecule has 0 aliphatic carbocycles. The topological polar surface area (TPSA) is 127 Å². The van der Waals surface area contributed by atoms with E-state index in [1.165, 1.54) is 24.5 Å². The fourth-order valence-corrected chi connectivity index (χ4v) is 3.78. The minimum atomic E-state index is -3.97. The Morgan fingerprint density at radius 3 is 2.47 bits per heavy atom. The molecule has 11 heteroatoms. The lowest BCUT2D eigenvalue weighted by molar-refractivity contribution is 0.0526. The van der Waals surface area contributed by atoms with E-state index in [-0.39, 0.29) is 35.1 Å². The first kappa shape index (κ1) is 23.7. The molecule has 0 atom stereocenters. The number of nitrogens with one attached hydrogen (secondary N) is 3. The van der Waals surface area contributed by atoms with Crippen LogP contribution in [0.2, 0.25) is 5.02 Å². The Kier molecular flexibility index (Phi) is 7.88. The largest absolute Gasteiger partial charge is 0.468 e. The predicted octanol–water partition coefficient (Wildman–Crippen LogP) is 2.67. The van der Waals surface area contributed by atoms with Crippen LogP contribution in [0.25, 0.3) is 0 Å². The third kappa shape index (κ3) is 7.36. The first-order chi connectivity index (χ1) is 14.0. The molecule has 0 aliphatic heterocycles. The molecule has 9 nitrogen and oxygen atoms in total. The monoisotopic (exact) mass is 457 g/mol. The second-order valence-electron chi connectivity index (χ2n) is 7.23. The van der Waals surface area contributed by atoms with Gasteiger partial charge in [0, 0.05) is 18.7 Å². The first-order valence-corrected chi connectivity index (χ1v) is 10.9. The predicted molar refractivity (Wildman–Crippen MR) is 111 cm³/mol. The van der Waals surface area contributed by atoms with Crippen molar-refractivity contribution in [1.82, 2.24) is 15.4 Å². The standard InChI is InChI=1S/C19H24ClN3O6S/c1-19(2,3)29-18(25)22-9-8-21-17(24)13-6-7-15(20)16(11-13)30(26,27)23-12-14-5-4-10-28-14/h4-7,10-11,23H,8-9,12H2,1-3H3,(H,21,24)(H,22,25). The normalized spacial score (nSPS) is 11.7. The molecule has 1 heterocycles. The van der Waals surface area contributed by atoms with Crippen molar-refractivity contribution in [2.45, 2.75) is 37.8 Å². The van der Waals surface area contributed by atoms with Crippen LogP contribution in [0.5, 0.6) is 0 Å². The van der Waals surface area contributed by atoms with E-state index in [9.17, 15) is 18.0 Å². The van der Waals surface area contributed by atoms with Gasteiger partial charge in [0.25, 0.3) is 5.91 Å². The maximum absolute atomic E-state index is 12.5. The van der Waals surface area contributed by atoms with Gasteiger partial charge in [0.05, 0.1) is 17.8 Å². The molecular formula is C19H24ClN3O6S. The van der Waals surface area contributed by atoms with E-state index in [0.717, 1.165) is 0 Å². The van der Waals surface area contributed by atoms with Gasteiger partial charge in [-0.2, -0.15) is 0 Å². The van der Waals surface area contributed by atoms with E-state index in [1.807, 2.05) is 0 Å². The van der Waals surface area contributed by atoms with Gasteiger partial charge in [0.2, 0.25) is 10.0 Å². The zero-order valence-electron chi connectivity index (χ0n) is 16.8. The molecule has 164 valence electrons. The number of halogens is 1. The fourth-order valence-electron chi connectivity index (χ4n) is 2.26. The van der Waals surface area contributed by atoms with E-state index in [0.29, 0.717) is 5.76 Å². The molecule has 0 saturated heterocycles. The second-order valence-corrected chi connectivity index (χ2v) is 9.38. The summed E-state index contributed by atoms with van der Waals surface area (Å²) in [5, 5.41) is 5.07. The third-order valence-electron chi connectivity index (χ3n) is 3.58. The number of ether oxygens (including phenoxy) is 1. The van der Waals surface area contributed by atoms with Gasteiger partial charge >= 0.3 is 6.09 Å². The number of alkyl carbamates (subject to hydrolysis) is 1. The summed E-state index contributed by atoms with van der Waals surface area (Å²) in [7, 11) is -3.97. The summed E-state index contributed by atoms with van der Waals surface area (Å²) in [6.07, 6.45) is 0.832. The van der Waals surface area contributed by atoms with Gasteiger partial charge in [-0.05, 0) is 51.1 Å². The van der Waals surface area contributed by atoms with Crippen LogP contribution in [0.3, 0.4) is 0 Å². The zero-order valence-corrected chi connectivity index (χ0v) is 18.4. The van der Waals surface area contributed by atoms with Crippen molar-refractivity contribution in [2.24, 2.45) is 0 Å². The highest BCUT2D eigenvalue weighted by molar-refractivity contribution is 7.89. The minimum absolute atomic E-state index is 0.0231. The van der Waals surface area contributed by atoms with Gasteiger partial charge in [-0.3, -0.25) is 4.79 Å². The highest BCUT2D eigenvalue weighted by Gasteiger charge is 2.21. The van der Waals surface area contributed by atoms with Crippen molar-refractivity contribution in [3.63, 3.8) is 0 Å². The molecule has 0 unspecified atom stereocenters. The molecule has 0 saturated carbocycles. The summed E-state index contributed by atoms with van der Waals surface area (Å²) < 4.78 is 37.6. The van der Waals surface area contributed by atoms with Gasteiger partial charge in [-0.25, -0.2) is 17.9 Å². The van der Waals surface area contributed by atoms with E-state index in [4.69, 9.17) is 20.8 Å². The number of carbonyl (C=O) groups is 2. The lowest BCUT2D eigenvalue weighted by Crippen LogP contribution is -2.37. The highest BCUT2D eigenvalue weighted by Crippen LogP contribution is 2.23. The van der Waals surface area contributed by atoms with E-state index < -0.39 is 27.6 Å². The molecular weight excluding hydrogens is 434 g/mol. The molecule has 0 fully saturated rings. The molecule has 0 radical (unpaired) electrons. The number of benzene rings is 1. The smallest absolute Gasteiger partial charge is 0.407 e. The van der Waals surface area contributed by atoms with E-state index in [2.05, 4.69) is 15.4 Å². The summed E-state index contributed by atoms with van der Waals surface area (Å²) in [6.45, 7) is 5.43. The number of hydrogen-bond acceptors (Lipinski definition) is 6. The van der Waals surface area contributed by atoms with Gasteiger partial charge in [0.15, 0.2) is 0 Å². The molecule has 1 aromatic heterocycles. The van der Waals surface area contributed by atoms with Crippen molar-refractivity contribution in [3.8, 4) is 0 Å². The van der Waals surface area contributed by atoms with Crippen LogP contribution in [0.4, 0.5) is 4.79 Å². The Balaban J connectivity index is 1.95. The van der Waals surface area contributed by atoms with Crippen molar-refractivity contribution < 1.29 is 27.2 Å². The number of rotatable bonds is 8. The van der Waals surface area contributed by atoms with Gasteiger partial charge in [-0.1, -0.05) is 11.6 Å². The lowest BCUT2D eigenvalue weighted by atomic mass is 10.2. The summed E-state index contributed by atoms with van der Waals surface area (Å²) in [5.41, 5.74) is -0.515. The second kappa shape index (κ2) is 9.96. The summed E-state index contributed by atoms with van der Waals surface area (Å²) >= 11 is 6.02. The average molecular weight is 458 g/mol. The molecule has 0 spiro atoms. The lowest BCUT2D eigenvalue weighted by Gasteiger charge is -2.19. The van der Waals surface area contributed by atoms with Crippen molar-refractivity contribution >= 4 is 33.6 Å². The Bertz CT molecular complexity index is 984. The van der Waals surface area contributed by atoms with Crippen LogP contribution >= 0.6 is 11.6 Å². The number of hydrogen-bond donors (Lipinski definition) is 3. The maximum Gasteiger partial charge on any atom is 0.407 e. The summed E-state index contributed by atoms with van der Waals surface area (Å²) in [6, 6.07) is 7.18. The average Bonchev–Trinajstić information content (AvgIpc) is 3.16. The Morgan fingerprint density at radius 2 is 1.83 bits per heavy atom. The van der Waals surface area contributed by atoms with E-state index in [1.54, 1.807) is 32.9 Å². The molecule has 0 bridgehead atoms. The molecule has 2 amide bonds. The van der Waals surface area contributed by atoms with Crippen LogP contribution < -0.4 is 15.4 Å². The Morgan fingerprint density at radius 1 is 1.13 bits per heavy atom. The number of carbonyl (C=O) groups excluding carboxylic acids is 2. The minimum Gasteiger partial charge on any atom is -0.468 e. The molecule has 2 rings (SSSR count). The van der Waals surface area contributed by atoms with Crippen LogP contribution in [0.15, 0.2) is 45.9 Å². The highest BCUT2D eigenvalue weighted by atomic mass is 35.5. The van der Waals surface area contributed by atoms with Crippen LogP contribution in [-0.4, -0.2) is 39.1 Å². The quantitative estimate of drug-likeness (QED) is 0.523. The van der Waals surface area contributed by atoms with Gasteiger partial charge in [0.1, 0.15) is 16.3 Å². The molecule has 3 N–H and O–H groups in total. The van der Waals surface area contributed by atoms with Crippen molar-refractivity contribution in [3.05, 3.63) is 52.9 Å². The van der Waals surface area contributed by atoms with Crippen molar-refractivity contribution in [2.75, 3.05) is 13.1 Å². The van der Waals surface area contributed by atoms with Crippen molar-refractivity contribution in [1.29, 1.82) is 0 Å². The Hall–Kier alpha value is -2.56. The number of amides is 2. The van der Waals surface area contributed by atoms with Crippen LogP contribution in [-0.2, 0) is 21.3 Å². The summed E-state index contributed by atoms with van der Waals surface area (Å²) in [4.78, 5) is 23.7. The SMILES string of the molecule is CC(C)(C)OC(=O)NCCNC(=O)c1ccc(Cl)c(S(=O)(=O)NCc2ccco2)c1. The van der Waals surface area contributed by atoms with Gasteiger partial charge in [-0.15, -0.1) is 0 Å². The number of furan rings is 1. The Labute approximate surface area is 180 Å². The summed E-state index contributed by atoms with van der Waals surface area (Å²) in [5.74, 6) is -0.0822. The zero-order chi connectivity index (χ0) is 22.4. The van der Waals surface area contributed by atoms with E-state index >= 15 is 0 Å². The number of sulfonamides is 1. The molecule has 30 heavy (non-hydrogen) atoms. The van der Waals surface area contributed by atoms with Crippen LogP contribution in [0.1, 0.15) is 36.9 Å². The maximum atomic E-state index is 12.5. The first-order valence-electron chi connectivity index (χ1n) is 9.04. The van der Waals surface area contributed by atoms with Gasteiger partial charge < -0.3 is 19.8 Å². The fraction of sp³-hybridized carbons (Fsp3) is 0.368. The van der Waals surface area contributed by atoms with Crippen LogP contribution in [0, 0.1) is 0 Å². The molecule has 2 aromatic rings.